The van der Waals surface area contributed by atoms with Crippen LogP contribution in [0.5, 0.6) is 5.75 Å². The minimum absolute atomic E-state index is 0. The zero-order valence-corrected chi connectivity index (χ0v) is 17.7. The van der Waals surface area contributed by atoms with E-state index in [-0.39, 0.29) is 19.0 Å². The van der Waals surface area contributed by atoms with Gasteiger partial charge in [0.15, 0.2) is 0 Å². The molecular formula is C24H30ClNO2. The number of halogens is 1. The Morgan fingerprint density at radius 2 is 1.93 bits per heavy atom. The number of allylic oxidation sites excluding steroid dienone is 2. The van der Waals surface area contributed by atoms with E-state index in [9.17, 15) is 5.11 Å². The SMILES string of the molecule is COc1cccc(C2=CC(=Cc3cccc(CO)c3)CCC2CN(C)C)c1.Cl. The number of hydrogen-bond donors (Lipinski definition) is 1. The van der Waals surface area contributed by atoms with Crippen LogP contribution in [0.4, 0.5) is 0 Å². The summed E-state index contributed by atoms with van der Waals surface area (Å²) in [6.45, 7) is 1.11. The van der Waals surface area contributed by atoms with Crippen LogP contribution in [0.2, 0.25) is 0 Å². The Morgan fingerprint density at radius 3 is 2.64 bits per heavy atom. The molecule has 0 bridgehead atoms. The minimum Gasteiger partial charge on any atom is -0.497 e. The number of benzene rings is 2. The maximum Gasteiger partial charge on any atom is 0.119 e. The average Bonchev–Trinajstić information content (AvgIpc) is 2.69. The molecule has 28 heavy (non-hydrogen) atoms. The molecule has 0 aliphatic heterocycles. The molecule has 2 aromatic carbocycles. The zero-order valence-electron chi connectivity index (χ0n) is 16.9. The molecule has 0 spiro atoms. The van der Waals surface area contributed by atoms with E-state index in [1.165, 1.54) is 16.7 Å². The van der Waals surface area contributed by atoms with Gasteiger partial charge in [0.2, 0.25) is 0 Å². The fraction of sp³-hybridized carbons (Fsp3) is 0.333. The van der Waals surface area contributed by atoms with Crippen molar-refractivity contribution >= 4 is 24.1 Å². The van der Waals surface area contributed by atoms with Crippen LogP contribution in [-0.2, 0) is 6.61 Å². The van der Waals surface area contributed by atoms with Gasteiger partial charge in [0.25, 0.3) is 0 Å². The largest absolute Gasteiger partial charge is 0.497 e. The molecule has 2 aromatic rings. The van der Waals surface area contributed by atoms with Crippen LogP contribution >= 0.6 is 12.4 Å². The molecule has 1 unspecified atom stereocenters. The Balaban J connectivity index is 0.00000280. The second-order valence-corrected chi connectivity index (χ2v) is 7.45. The first-order valence-corrected chi connectivity index (χ1v) is 9.50. The van der Waals surface area contributed by atoms with Gasteiger partial charge in [0, 0.05) is 6.54 Å². The first-order valence-electron chi connectivity index (χ1n) is 9.50. The Hall–Kier alpha value is -2.07. The second-order valence-electron chi connectivity index (χ2n) is 7.45. The highest BCUT2D eigenvalue weighted by Crippen LogP contribution is 2.37. The molecule has 1 N–H and O–H groups in total. The van der Waals surface area contributed by atoms with Gasteiger partial charge in [-0.3, -0.25) is 0 Å². The van der Waals surface area contributed by atoms with Crippen molar-refractivity contribution in [3.05, 3.63) is 76.9 Å². The second kappa shape index (κ2) is 10.5. The Labute approximate surface area is 174 Å². The van der Waals surface area contributed by atoms with Gasteiger partial charge in [-0.25, -0.2) is 0 Å². The quantitative estimate of drug-likeness (QED) is 0.737. The van der Waals surface area contributed by atoms with E-state index < -0.39 is 0 Å². The van der Waals surface area contributed by atoms with E-state index >= 15 is 0 Å². The molecule has 4 heteroatoms. The summed E-state index contributed by atoms with van der Waals surface area (Å²) in [5, 5.41) is 9.38. The summed E-state index contributed by atoms with van der Waals surface area (Å²) < 4.78 is 5.43. The third kappa shape index (κ3) is 5.71. The maximum atomic E-state index is 9.38. The van der Waals surface area contributed by atoms with Crippen LogP contribution in [0.1, 0.15) is 29.5 Å². The summed E-state index contributed by atoms with van der Waals surface area (Å²) >= 11 is 0. The molecule has 0 amide bonds. The number of rotatable bonds is 6. The summed E-state index contributed by atoms with van der Waals surface area (Å²) in [7, 11) is 5.98. The number of methoxy groups -OCH3 is 1. The van der Waals surface area contributed by atoms with Crippen LogP contribution < -0.4 is 4.74 Å². The molecule has 3 rings (SSSR count). The number of hydrogen-bond acceptors (Lipinski definition) is 3. The minimum atomic E-state index is 0. The number of nitrogens with zero attached hydrogens (tertiary/aromatic N) is 1. The van der Waals surface area contributed by atoms with E-state index in [4.69, 9.17) is 4.74 Å². The predicted molar refractivity (Wildman–Crippen MR) is 120 cm³/mol. The van der Waals surface area contributed by atoms with Crippen molar-refractivity contribution < 1.29 is 9.84 Å². The van der Waals surface area contributed by atoms with Gasteiger partial charge in [-0.15, -0.1) is 12.4 Å². The van der Waals surface area contributed by atoms with Gasteiger partial charge in [0.1, 0.15) is 5.75 Å². The predicted octanol–water partition coefficient (Wildman–Crippen LogP) is 5.05. The normalized spacial score (nSPS) is 18.0. The van der Waals surface area contributed by atoms with Crippen LogP contribution in [-0.4, -0.2) is 37.8 Å². The Kier molecular flexibility index (Phi) is 8.31. The van der Waals surface area contributed by atoms with Gasteiger partial charge in [-0.05, 0) is 78.9 Å². The lowest BCUT2D eigenvalue weighted by atomic mass is 9.81. The maximum absolute atomic E-state index is 9.38. The van der Waals surface area contributed by atoms with Gasteiger partial charge < -0.3 is 14.7 Å². The van der Waals surface area contributed by atoms with Crippen molar-refractivity contribution in [2.24, 2.45) is 5.92 Å². The molecule has 0 fully saturated rings. The average molecular weight is 400 g/mol. The fourth-order valence-electron chi connectivity index (χ4n) is 3.75. The van der Waals surface area contributed by atoms with Gasteiger partial charge in [-0.2, -0.15) is 0 Å². The van der Waals surface area contributed by atoms with Gasteiger partial charge in [0.05, 0.1) is 13.7 Å². The molecule has 1 aliphatic rings. The number of aliphatic hydroxyl groups excluding tert-OH is 1. The summed E-state index contributed by atoms with van der Waals surface area (Å²) in [5.41, 5.74) is 6.03. The molecule has 1 atom stereocenters. The molecule has 3 nitrogen and oxygen atoms in total. The van der Waals surface area contributed by atoms with E-state index in [2.05, 4.69) is 61.5 Å². The molecule has 150 valence electrons. The van der Waals surface area contributed by atoms with Crippen molar-refractivity contribution in [3.63, 3.8) is 0 Å². The zero-order chi connectivity index (χ0) is 19.2. The van der Waals surface area contributed by atoms with Crippen LogP contribution in [0.15, 0.2) is 60.2 Å². The van der Waals surface area contributed by atoms with Crippen molar-refractivity contribution in [1.82, 2.24) is 4.90 Å². The topological polar surface area (TPSA) is 32.7 Å². The number of aliphatic hydroxyl groups is 1. The third-order valence-electron chi connectivity index (χ3n) is 5.04. The highest BCUT2D eigenvalue weighted by Gasteiger charge is 2.22. The lowest BCUT2D eigenvalue weighted by Crippen LogP contribution is -2.24. The Morgan fingerprint density at radius 1 is 1.14 bits per heavy atom. The van der Waals surface area contributed by atoms with Crippen molar-refractivity contribution in [2.75, 3.05) is 27.7 Å². The third-order valence-corrected chi connectivity index (χ3v) is 5.04. The molecule has 0 radical (unpaired) electrons. The molecule has 0 saturated heterocycles. The van der Waals surface area contributed by atoms with Crippen molar-refractivity contribution in [3.8, 4) is 5.75 Å². The standard InChI is InChI=1S/C24H29NO2.ClH/c1-25(2)16-22-11-10-19(12-18-6-4-7-20(13-18)17-26)14-24(22)21-8-5-9-23(15-21)27-3;/h4-9,12-15,22,26H,10-11,16-17H2,1-3H3;1H. The van der Waals surface area contributed by atoms with E-state index in [1.54, 1.807) is 7.11 Å². The lowest BCUT2D eigenvalue weighted by molar-refractivity contribution is 0.282. The van der Waals surface area contributed by atoms with Crippen molar-refractivity contribution in [2.45, 2.75) is 19.4 Å². The molecule has 0 heterocycles. The molecule has 1 aliphatic carbocycles. The van der Waals surface area contributed by atoms with Crippen LogP contribution in [0, 0.1) is 5.92 Å². The van der Waals surface area contributed by atoms with E-state index in [0.717, 1.165) is 36.3 Å². The first kappa shape index (κ1) is 22.2. The van der Waals surface area contributed by atoms with Crippen molar-refractivity contribution in [1.29, 1.82) is 0 Å². The van der Waals surface area contributed by atoms with E-state index in [1.807, 2.05) is 18.2 Å². The molecule has 0 aromatic heterocycles. The van der Waals surface area contributed by atoms with E-state index in [0.29, 0.717) is 5.92 Å². The monoisotopic (exact) mass is 399 g/mol. The number of ether oxygens (including phenoxy) is 1. The lowest BCUT2D eigenvalue weighted by Gasteiger charge is -2.29. The first-order chi connectivity index (χ1) is 13.1. The van der Waals surface area contributed by atoms with Gasteiger partial charge in [-0.1, -0.05) is 42.5 Å². The fourth-order valence-corrected chi connectivity index (χ4v) is 3.75. The molecule has 0 saturated carbocycles. The highest BCUT2D eigenvalue weighted by atomic mass is 35.5. The Bertz CT molecular complexity index is 842. The summed E-state index contributed by atoms with van der Waals surface area (Å²) in [5.74, 6) is 1.40. The summed E-state index contributed by atoms with van der Waals surface area (Å²) in [6, 6.07) is 16.5. The molecular weight excluding hydrogens is 370 g/mol. The summed E-state index contributed by atoms with van der Waals surface area (Å²) in [6.07, 6.45) is 6.78. The van der Waals surface area contributed by atoms with Crippen LogP contribution in [0.25, 0.3) is 11.6 Å². The summed E-state index contributed by atoms with van der Waals surface area (Å²) in [4.78, 5) is 2.26. The highest BCUT2D eigenvalue weighted by molar-refractivity contribution is 5.85. The van der Waals surface area contributed by atoms with Crippen LogP contribution in [0.3, 0.4) is 0 Å². The van der Waals surface area contributed by atoms with Gasteiger partial charge >= 0.3 is 0 Å². The smallest absolute Gasteiger partial charge is 0.119 e.